The molecule has 121 valence electrons. The zero-order valence-corrected chi connectivity index (χ0v) is 14.7. The van der Waals surface area contributed by atoms with E-state index < -0.39 is 37.3 Å². The number of amides is 1. The molecule has 1 heterocycles. The topological polar surface area (TPSA) is 120 Å². The Morgan fingerprint density at radius 1 is 1.29 bits per heavy atom. The van der Waals surface area contributed by atoms with E-state index in [2.05, 4.69) is 0 Å². The molecule has 0 aromatic rings. The molecule has 1 fully saturated rings. The molecule has 8 nitrogen and oxygen atoms in total. The van der Waals surface area contributed by atoms with Gasteiger partial charge in [-0.15, -0.1) is 0 Å². The van der Waals surface area contributed by atoms with E-state index in [1.54, 1.807) is 7.05 Å². The van der Waals surface area contributed by atoms with Crippen LogP contribution in [-0.4, -0.2) is 111 Å². The van der Waals surface area contributed by atoms with Crippen molar-refractivity contribution in [2.24, 2.45) is 0 Å². The summed E-state index contributed by atoms with van der Waals surface area (Å²) >= 11 is 1.42. The van der Waals surface area contributed by atoms with Crippen LogP contribution in [0.25, 0.3) is 0 Å². The second-order valence-corrected chi connectivity index (χ2v) is 6.35. The van der Waals surface area contributed by atoms with Gasteiger partial charge in [0, 0.05) is 0 Å². The second-order valence-electron chi connectivity index (χ2n) is 4.93. The van der Waals surface area contributed by atoms with E-state index in [9.17, 15) is 20.1 Å². The van der Waals surface area contributed by atoms with E-state index in [0.29, 0.717) is 6.54 Å². The van der Waals surface area contributed by atoms with Gasteiger partial charge in [0.1, 0.15) is 0 Å². The van der Waals surface area contributed by atoms with Gasteiger partial charge in [0.2, 0.25) is 0 Å². The van der Waals surface area contributed by atoms with Crippen molar-refractivity contribution in [2.75, 3.05) is 26.8 Å². The maximum absolute atomic E-state index is 11.8. The predicted octanol–water partition coefficient (Wildman–Crippen LogP) is -2.76. The van der Waals surface area contributed by atoms with Gasteiger partial charge in [-0.25, -0.2) is 0 Å². The van der Waals surface area contributed by atoms with Crippen LogP contribution in [0, 0.1) is 0 Å². The minimum absolute atomic E-state index is 0.267. The van der Waals surface area contributed by atoms with Gasteiger partial charge < -0.3 is 0 Å². The number of carbonyl (C=O) groups is 1. The molecular weight excluding hydrogens is 389 g/mol. The van der Waals surface area contributed by atoms with Crippen LogP contribution in [0.3, 0.4) is 0 Å². The molecule has 3 radical (unpaired) electrons. The maximum atomic E-state index is 11.8. The van der Waals surface area contributed by atoms with Gasteiger partial charge >= 0.3 is 136 Å². The number of rotatable bonds is 7. The molecule has 5 atom stereocenters. The number of aliphatic hydroxyl groups excluding tert-OH is 4. The number of likely N-dealkylation sites (N-methyl/N-ethyl adjacent to an activating group) is 1. The number of ether oxygens (including phenoxy) is 2. The van der Waals surface area contributed by atoms with Gasteiger partial charge in [-0.3, -0.25) is 0 Å². The Labute approximate surface area is 136 Å². The summed E-state index contributed by atoms with van der Waals surface area (Å²) in [4.78, 5) is 13.3. The summed E-state index contributed by atoms with van der Waals surface area (Å²) < 4.78 is 11.4. The second kappa shape index (κ2) is 9.23. The molecule has 1 aliphatic heterocycles. The third-order valence-electron chi connectivity index (χ3n) is 3.32. The van der Waals surface area contributed by atoms with Crippen molar-refractivity contribution >= 4 is 28.4 Å². The van der Waals surface area contributed by atoms with Crippen LogP contribution in [0.1, 0.15) is 6.42 Å². The summed E-state index contributed by atoms with van der Waals surface area (Å²) in [6.07, 6.45) is -5.81. The van der Waals surface area contributed by atoms with E-state index in [-0.39, 0.29) is 12.5 Å². The van der Waals surface area contributed by atoms with Crippen molar-refractivity contribution in [3.05, 3.63) is 0 Å². The van der Waals surface area contributed by atoms with E-state index >= 15 is 0 Å². The Morgan fingerprint density at radius 3 is 2.52 bits per heavy atom. The van der Waals surface area contributed by atoms with Crippen LogP contribution in [0.5, 0.6) is 0 Å². The van der Waals surface area contributed by atoms with Crippen molar-refractivity contribution in [1.82, 2.24) is 4.90 Å². The minimum atomic E-state index is -1.50. The molecule has 0 spiro atoms. The van der Waals surface area contributed by atoms with Crippen LogP contribution in [0.2, 0.25) is 4.44 Å². The predicted molar refractivity (Wildman–Crippen MR) is 72.5 cm³/mol. The molecular formula is C12H22NO7Sn. The zero-order chi connectivity index (χ0) is 16.0. The molecule has 4 N–H and O–H groups in total. The Morgan fingerprint density at radius 2 is 1.95 bits per heavy atom. The number of hydrogen-bond donors (Lipinski definition) is 4. The summed E-state index contributed by atoms with van der Waals surface area (Å²) in [6, 6.07) is 0. The van der Waals surface area contributed by atoms with E-state index in [4.69, 9.17) is 14.6 Å². The van der Waals surface area contributed by atoms with Gasteiger partial charge in [-0.2, -0.15) is 0 Å². The third-order valence-corrected chi connectivity index (χ3v) is 4.32. The van der Waals surface area contributed by atoms with Crippen LogP contribution >= 0.6 is 0 Å². The van der Waals surface area contributed by atoms with Crippen LogP contribution < -0.4 is 0 Å². The SMILES string of the molecule is CN(CC[CH2][Sn])C(=O)CO[C@@H]1O[C@H](CO)[C@H](O)[C@H](O)[C@H]1O. The molecule has 1 rings (SSSR count). The van der Waals surface area contributed by atoms with Crippen LogP contribution in [-0.2, 0) is 14.3 Å². The Balaban J connectivity index is 2.48. The fourth-order valence-electron chi connectivity index (χ4n) is 1.91. The average molecular weight is 411 g/mol. The van der Waals surface area contributed by atoms with Crippen molar-refractivity contribution < 1.29 is 34.7 Å². The normalized spacial score (nSPS) is 33.0. The number of hydrogen-bond acceptors (Lipinski definition) is 7. The monoisotopic (exact) mass is 412 g/mol. The summed E-state index contributed by atoms with van der Waals surface area (Å²) in [7, 11) is 1.66. The Kier molecular flexibility index (Phi) is 8.39. The third kappa shape index (κ3) is 5.31. The number of aliphatic hydroxyl groups is 4. The van der Waals surface area contributed by atoms with Gasteiger partial charge in [-0.1, -0.05) is 0 Å². The van der Waals surface area contributed by atoms with Gasteiger partial charge in [0.15, 0.2) is 0 Å². The molecule has 9 heteroatoms. The summed E-state index contributed by atoms with van der Waals surface area (Å²) in [5.41, 5.74) is 0. The first-order valence-electron chi connectivity index (χ1n) is 6.73. The van der Waals surface area contributed by atoms with Crippen LogP contribution in [0.4, 0.5) is 0 Å². The number of nitrogens with zero attached hydrogens (tertiary/aromatic N) is 1. The first-order valence-corrected chi connectivity index (χ1v) is 8.74. The van der Waals surface area contributed by atoms with E-state index in [1.165, 1.54) is 27.4 Å². The van der Waals surface area contributed by atoms with Gasteiger partial charge in [-0.05, 0) is 0 Å². The fraction of sp³-hybridized carbons (Fsp3) is 0.917. The molecule has 0 bridgehead atoms. The zero-order valence-electron chi connectivity index (χ0n) is 11.9. The summed E-state index contributed by atoms with van der Waals surface area (Å²) in [5.74, 6) is -0.267. The first-order chi connectivity index (χ1) is 9.92. The van der Waals surface area contributed by atoms with Gasteiger partial charge in [0.05, 0.1) is 0 Å². The molecule has 0 saturated carbocycles. The van der Waals surface area contributed by atoms with Crippen LogP contribution in [0.15, 0.2) is 0 Å². The average Bonchev–Trinajstić information content (AvgIpc) is 2.49. The molecule has 0 aromatic carbocycles. The first kappa shape index (κ1) is 19.1. The van der Waals surface area contributed by atoms with E-state index in [0.717, 1.165) is 10.9 Å². The molecule has 1 aliphatic rings. The fourth-order valence-corrected chi connectivity index (χ4v) is 2.36. The standard InChI is InChI=1S/C12H22NO7.Sn/c1-3-4-13(2)8(15)6-19-12-11(18)10(17)9(16)7(5-14)20-12;/h7,9-12,14,16-18H,1,3-6H2,2H3;/t7-,9+,10+,11-,12-;/m1./s1. The number of carbonyl (C=O) groups excluding carboxylic acids is 1. The summed E-state index contributed by atoms with van der Waals surface area (Å²) in [5, 5.41) is 38.0. The van der Waals surface area contributed by atoms with E-state index in [1.807, 2.05) is 0 Å². The molecule has 1 saturated heterocycles. The molecule has 1 amide bonds. The molecule has 0 aromatic heterocycles. The molecule has 21 heavy (non-hydrogen) atoms. The molecule has 0 unspecified atom stereocenters. The van der Waals surface area contributed by atoms with Gasteiger partial charge in [0.25, 0.3) is 0 Å². The van der Waals surface area contributed by atoms with Crippen molar-refractivity contribution in [3.63, 3.8) is 0 Å². The quantitative estimate of drug-likeness (QED) is 0.335. The molecule has 0 aliphatic carbocycles. The van der Waals surface area contributed by atoms with Crippen molar-refractivity contribution in [1.29, 1.82) is 0 Å². The van der Waals surface area contributed by atoms with Crippen molar-refractivity contribution in [2.45, 2.75) is 41.6 Å². The Bertz CT molecular complexity index is 331. The van der Waals surface area contributed by atoms with Crippen molar-refractivity contribution in [3.8, 4) is 0 Å². The summed E-state index contributed by atoms with van der Waals surface area (Å²) in [6.45, 7) is -0.212. The Hall–Kier alpha value is 0.0287.